The van der Waals surface area contributed by atoms with E-state index in [0.29, 0.717) is 18.0 Å². The van der Waals surface area contributed by atoms with Gasteiger partial charge in [0.2, 0.25) is 0 Å². The summed E-state index contributed by atoms with van der Waals surface area (Å²) in [6.07, 6.45) is 3.85. The molecule has 114 valence electrons. The van der Waals surface area contributed by atoms with Crippen molar-refractivity contribution in [1.82, 2.24) is 10.3 Å². The van der Waals surface area contributed by atoms with Crippen molar-refractivity contribution < 1.29 is 0 Å². The van der Waals surface area contributed by atoms with E-state index in [-0.39, 0.29) is 0 Å². The summed E-state index contributed by atoms with van der Waals surface area (Å²) in [5.74, 6) is 0.700. The molecule has 1 N–H and O–H groups in total. The molecule has 1 saturated heterocycles. The van der Waals surface area contributed by atoms with Gasteiger partial charge < -0.3 is 10.2 Å². The summed E-state index contributed by atoms with van der Waals surface area (Å²) in [4.78, 5) is 8.80. The molecule has 1 aliphatic heterocycles. The predicted molar refractivity (Wildman–Crippen MR) is 88.6 cm³/mol. The Morgan fingerprint density at radius 1 is 1.40 bits per heavy atom. The fourth-order valence-electron chi connectivity index (χ4n) is 2.98. The van der Waals surface area contributed by atoms with Crippen LogP contribution < -0.4 is 10.2 Å². The Labute approximate surface area is 127 Å². The summed E-state index contributed by atoms with van der Waals surface area (Å²) in [7, 11) is 0. The van der Waals surface area contributed by atoms with Crippen molar-refractivity contribution >= 4 is 16.5 Å². The fraction of sp³-hybridized carbons (Fsp3) is 0.812. The van der Waals surface area contributed by atoms with E-state index in [1.54, 1.807) is 0 Å². The largest absolute Gasteiger partial charge is 0.342 e. The van der Waals surface area contributed by atoms with Gasteiger partial charge in [0, 0.05) is 23.5 Å². The summed E-state index contributed by atoms with van der Waals surface area (Å²) >= 11 is 1.88. The number of aryl methyl sites for hydroxylation is 1. The number of anilines is 1. The van der Waals surface area contributed by atoms with E-state index >= 15 is 0 Å². The molecular formula is C16H29N3S. The predicted octanol–water partition coefficient (Wildman–Crippen LogP) is 3.96. The van der Waals surface area contributed by atoms with E-state index in [2.05, 4.69) is 44.8 Å². The summed E-state index contributed by atoms with van der Waals surface area (Å²) in [6, 6.07) is 1.33. The standard InChI is InChI=1S/C16H29N3S/c1-6-14-8-7-12(4)19(14)16-18-13(5)15(20-16)10-17-9-11(2)3/h11-12,14,17H,6-10H2,1-5H3. The topological polar surface area (TPSA) is 28.2 Å². The van der Waals surface area contributed by atoms with Gasteiger partial charge in [-0.3, -0.25) is 0 Å². The lowest BCUT2D eigenvalue weighted by Crippen LogP contribution is -2.33. The van der Waals surface area contributed by atoms with E-state index in [4.69, 9.17) is 4.98 Å². The van der Waals surface area contributed by atoms with Crippen LogP contribution in [0.3, 0.4) is 0 Å². The van der Waals surface area contributed by atoms with E-state index in [1.165, 1.54) is 35.0 Å². The Bertz CT molecular complexity index is 427. The van der Waals surface area contributed by atoms with Crippen molar-refractivity contribution in [2.45, 2.75) is 72.5 Å². The van der Waals surface area contributed by atoms with Crippen molar-refractivity contribution in [3.8, 4) is 0 Å². The fourth-order valence-corrected chi connectivity index (χ4v) is 4.18. The number of hydrogen-bond acceptors (Lipinski definition) is 4. The molecule has 1 fully saturated rings. The highest BCUT2D eigenvalue weighted by Gasteiger charge is 2.31. The first-order valence-electron chi connectivity index (χ1n) is 7.98. The van der Waals surface area contributed by atoms with Gasteiger partial charge >= 0.3 is 0 Å². The molecule has 20 heavy (non-hydrogen) atoms. The van der Waals surface area contributed by atoms with E-state index in [9.17, 15) is 0 Å². The van der Waals surface area contributed by atoms with Gasteiger partial charge in [-0.15, -0.1) is 11.3 Å². The van der Waals surface area contributed by atoms with Crippen LogP contribution in [0.15, 0.2) is 0 Å². The molecule has 2 atom stereocenters. The molecule has 0 radical (unpaired) electrons. The quantitative estimate of drug-likeness (QED) is 0.861. The van der Waals surface area contributed by atoms with Crippen LogP contribution in [0.25, 0.3) is 0 Å². The van der Waals surface area contributed by atoms with E-state index in [1.807, 2.05) is 11.3 Å². The Morgan fingerprint density at radius 2 is 2.15 bits per heavy atom. The highest BCUT2D eigenvalue weighted by Crippen LogP contribution is 2.35. The number of hydrogen-bond donors (Lipinski definition) is 1. The second kappa shape index (κ2) is 6.90. The first-order chi connectivity index (χ1) is 9.52. The number of aromatic nitrogens is 1. The van der Waals surface area contributed by atoms with Gasteiger partial charge in [0.15, 0.2) is 5.13 Å². The molecule has 3 nitrogen and oxygen atoms in total. The molecule has 2 rings (SSSR count). The van der Waals surface area contributed by atoms with E-state index < -0.39 is 0 Å². The second-order valence-corrected chi connectivity index (χ2v) is 7.49. The lowest BCUT2D eigenvalue weighted by molar-refractivity contribution is 0.554. The highest BCUT2D eigenvalue weighted by atomic mass is 32.1. The van der Waals surface area contributed by atoms with Gasteiger partial charge in [-0.1, -0.05) is 20.8 Å². The van der Waals surface area contributed by atoms with Crippen molar-refractivity contribution in [2.24, 2.45) is 5.92 Å². The number of rotatable bonds is 6. The molecule has 0 saturated carbocycles. The smallest absolute Gasteiger partial charge is 0.186 e. The van der Waals surface area contributed by atoms with Gasteiger partial charge in [-0.2, -0.15) is 0 Å². The minimum absolute atomic E-state index is 0.641. The third-order valence-corrected chi connectivity index (χ3v) is 5.37. The van der Waals surface area contributed by atoms with Crippen molar-refractivity contribution in [1.29, 1.82) is 0 Å². The maximum Gasteiger partial charge on any atom is 0.186 e. The van der Waals surface area contributed by atoms with Crippen LogP contribution in [0, 0.1) is 12.8 Å². The molecule has 0 aromatic carbocycles. The van der Waals surface area contributed by atoms with Crippen molar-refractivity contribution in [2.75, 3.05) is 11.4 Å². The molecular weight excluding hydrogens is 266 g/mol. The third-order valence-electron chi connectivity index (χ3n) is 4.20. The van der Waals surface area contributed by atoms with Crippen LogP contribution in [0.1, 0.15) is 57.5 Å². The monoisotopic (exact) mass is 295 g/mol. The van der Waals surface area contributed by atoms with Crippen LogP contribution >= 0.6 is 11.3 Å². The number of nitrogens with one attached hydrogen (secondary N) is 1. The zero-order valence-electron chi connectivity index (χ0n) is 13.6. The molecule has 0 spiro atoms. The second-order valence-electron chi connectivity index (χ2n) is 6.43. The molecule has 2 heterocycles. The molecule has 0 aliphatic carbocycles. The molecule has 0 amide bonds. The average Bonchev–Trinajstić information content (AvgIpc) is 2.92. The van der Waals surface area contributed by atoms with Gasteiger partial charge in [-0.05, 0) is 45.6 Å². The number of thiazole rings is 1. The first-order valence-corrected chi connectivity index (χ1v) is 8.79. The minimum Gasteiger partial charge on any atom is -0.342 e. The van der Waals surface area contributed by atoms with Gasteiger partial charge in [-0.25, -0.2) is 4.98 Å². The lowest BCUT2D eigenvalue weighted by Gasteiger charge is -2.27. The zero-order valence-corrected chi connectivity index (χ0v) is 14.4. The van der Waals surface area contributed by atoms with Crippen LogP contribution in [-0.2, 0) is 6.54 Å². The third kappa shape index (κ3) is 3.53. The Hall–Kier alpha value is -0.610. The summed E-state index contributed by atoms with van der Waals surface area (Å²) in [5, 5.41) is 4.77. The molecule has 1 aliphatic rings. The molecule has 0 bridgehead atoms. The Kier molecular flexibility index (Phi) is 5.44. The van der Waals surface area contributed by atoms with Crippen LogP contribution in [0.5, 0.6) is 0 Å². The van der Waals surface area contributed by atoms with Crippen molar-refractivity contribution in [3.05, 3.63) is 10.6 Å². The van der Waals surface area contributed by atoms with Gasteiger partial charge in [0.1, 0.15) is 0 Å². The first kappa shape index (κ1) is 15.8. The molecule has 2 unspecified atom stereocenters. The molecule has 1 aromatic heterocycles. The highest BCUT2D eigenvalue weighted by molar-refractivity contribution is 7.15. The van der Waals surface area contributed by atoms with Gasteiger partial charge in [0.25, 0.3) is 0 Å². The summed E-state index contributed by atoms with van der Waals surface area (Å²) < 4.78 is 0. The Balaban J connectivity index is 2.06. The summed E-state index contributed by atoms with van der Waals surface area (Å²) in [6.45, 7) is 13.3. The molecule has 1 aromatic rings. The van der Waals surface area contributed by atoms with Crippen LogP contribution in [-0.4, -0.2) is 23.6 Å². The zero-order chi connectivity index (χ0) is 14.7. The van der Waals surface area contributed by atoms with Crippen LogP contribution in [0.4, 0.5) is 5.13 Å². The lowest BCUT2D eigenvalue weighted by atomic mass is 10.2. The number of nitrogens with zero attached hydrogens (tertiary/aromatic N) is 2. The molecule has 4 heteroatoms. The average molecular weight is 295 g/mol. The normalized spacial score (nSPS) is 23.0. The van der Waals surface area contributed by atoms with Gasteiger partial charge in [0.05, 0.1) is 5.69 Å². The van der Waals surface area contributed by atoms with E-state index in [0.717, 1.165) is 13.1 Å². The Morgan fingerprint density at radius 3 is 2.80 bits per heavy atom. The maximum atomic E-state index is 4.84. The minimum atomic E-state index is 0.641. The maximum absolute atomic E-state index is 4.84. The summed E-state index contributed by atoms with van der Waals surface area (Å²) in [5.41, 5.74) is 1.20. The van der Waals surface area contributed by atoms with Crippen molar-refractivity contribution in [3.63, 3.8) is 0 Å². The van der Waals surface area contributed by atoms with Crippen LogP contribution in [0.2, 0.25) is 0 Å². The SMILES string of the molecule is CCC1CCC(C)N1c1nc(C)c(CNCC(C)C)s1.